The van der Waals surface area contributed by atoms with Crippen LogP contribution in [0.15, 0.2) is 24.3 Å². The van der Waals surface area contributed by atoms with Crippen LogP contribution in [0.4, 0.5) is 5.69 Å². The Kier molecular flexibility index (Phi) is 4.85. The van der Waals surface area contributed by atoms with E-state index >= 15 is 0 Å². The van der Waals surface area contributed by atoms with Gasteiger partial charge in [0.1, 0.15) is 0 Å². The SMILES string of the molecule is CC1CCCC(NC(=O)c2ccc(N3CCCS3(=O)=O)cc2)C1C. The number of sulfonamides is 1. The van der Waals surface area contributed by atoms with Gasteiger partial charge in [0.2, 0.25) is 10.0 Å². The summed E-state index contributed by atoms with van der Waals surface area (Å²) in [6.45, 7) is 4.97. The fourth-order valence-electron chi connectivity index (χ4n) is 3.75. The second kappa shape index (κ2) is 6.75. The lowest BCUT2D eigenvalue weighted by atomic mass is 9.78. The van der Waals surface area contributed by atoms with Crippen molar-refractivity contribution in [3.8, 4) is 0 Å². The standard InChI is InChI=1S/C18H26N2O3S/c1-13-5-3-6-17(14(13)2)19-18(21)15-7-9-16(10-8-15)20-11-4-12-24(20,22)23/h7-10,13-14,17H,3-6,11-12H2,1-2H3,(H,19,21). The maximum atomic E-state index is 12.5. The van der Waals surface area contributed by atoms with Crippen LogP contribution in [0, 0.1) is 11.8 Å². The summed E-state index contributed by atoms with van der Waals surface area (Å²) in [7, 11) is -3.18. The quantitative estimate of drug-likeness (QED) is 0.911. The van der Waals surface area contributed by atoms with Gasteiger partial charge >= 0.3 is 0 Å². The van der Waals surface area contributed by atoms with E-state index in [-0.39, 0.29) is 17.7 Å². The van der Waals surface area contributed by atoms with Crippen molar-refractivity contribution in [2.24, 2.45) is 11.8 Å². The third-order valence-electron chi connectivity index (χ3n) is 5.54. The Balaban J connectivity index is 1.68. The lowest BCUT2D eigenvalue weighted by Gasteiger charge is -2.34. The zero-order chi connectivity index (χ0) is 17.3. The molecule has 0 bridgehead atoms. The summed E-state index contributed by atoms with van der Waals surface area (Å²) < 4.78 is 25.3. The van der Waals surface area contributed by atoms with Gasteiger partial charge in [-0.25, -0.2) is 8.42 Å². The van der Waals surface area contributed by atoms with Crippen molar-refractivity contribution in [3.63, 3.8) is 0 Å². The molecule has 5 nitrogen and oxygen atoms in total. The number of benzene rings is 1. The van der Waals surface area contributed by atoms with Gasteiger partial charge in [0.05, 0.1) is 11.4 Å². The molecule has 6 heteroatoms. The summed E-state index contributed by atoms with van der Waals surface area (Å²) in [4.78, 5) is 12.5. The summed E-state index contributed by atoms with van der Waals surface area (Å²) in [5.74, 6) is 1.24. The molecule has 1 saturated heterocycles. The lowest BCUT2D eigenvalue weighted by molar-refractivity contribution is 0.0891. The first-order valence-corrected chi connectivity index (χ1v) is 10.4. The van der Waals surface area contributed by atoms with Crippen molar-refractivity contribution >= 4 is 21.6 Å². The van der Waals surface area contributed by atoms with Crippen LogP contribution in [0.1, 0.15) is 49.9 Å². The molecule has 1 amide bonds. The molecule has 1 aromatic carbocycles. The highest BCUT2D eigenvalue weighted by atomic mass is 32.2. The molecule has 2 fully saturated rings. The van der Waals surface area contributed by atoms with E-state index in [1.807, 2.05) is 0 Å². The van der Waals surface area contributed by atoms with E-state index in [2.05, 4.69) is 19.2 Å². The highest BCUT2D eigenvalue weighted by Gasteiger charge is 2.30. The van der Waals surface area contributed by atoms with Crippen LogP contribution >= 0.6 is 0 Å². The number of hydrogen-bond acceptors (Lipinski definition) is 3. The molecule has 1 N–H and O–H groups in total. The number of nitrogens with one attached hydrogen (secondary N) is 1. The van der Waals surface area contributed by atoms with Crippen molar-refractivity contribution in [2.45, 2.75) is 45.6 Å². The predicted molar refractivity (Wildman–Crippen MR) is 95.6 cm³/mol. The summed E-state index contributed by atoms with van der Waals surface area (Å²) in [6, 6.07) is 7.11. The third-order valence-corrected chi connectivity index (χ3v) is 7.41. The number of carbonyl (C=O) groups is 1. The van der Waals surface area contributed by atoms with E-state index < -0.39 is 10.0 Å². The van der Waals surface area contributed by atoms with E-state index in [1.54, 1.807) is 24.3 Å². The Hall–Kier alpha value is -1.56. The van der Waals surface area contributed by atoms with Gasteiger partial charge in [-0.15, -0.1) is 0 Å². The maximum Gasteiger partial charge on any atom is 0.251 e. The average Bonchev–Trinajstić information content (AvgIpc) is 2.91. The Morgan fingerprint density at radius 2 is 1.83 bits per heavy atom. The monoisotopic (exact) mass is 350 g/mol. The van der Waals surface area contributed by atoms with E-state index in [1.165, 1.54) is 10.7 Å². The van der Waals surface area contributed by atoms with Crippen molar-refractivity contribution in [3.05, 3.63) is 29.8 Å². The molecule has 1 heterocycles. The van der Waals surface area contributed by atoms with E-state index in [0.717, 1.165) is 12.8 Å². The smallest absolute Gasteiger partial charge is 0.251 e. The Morgan fingerprint density at radius 3 is 2.46 bits per heavy atom. The molecule has 1 aromatic rings. The van der Waals surface area contributed by atoms with Crippen molar-refractivity contribution in [2.75, 3.05) is 16.6 Å². The molecule has 132 valence electrons. The minimum atomic E-state index is -3.18. The Bertz CT molecular complexity index is 699. The largest absolute Gasteiger partial charge is 0.349 e. The molecule has 0 spiro atoms. The number of rotatable bonds is 3. The molecule has 1 aliphatic carbocycles. The highest BCUT2D eigenvalue weighted by molar-refractivity contribution is 7.93. The van der Waals surface area contributed by atoms with Crippen LogP contribution in [0.3, 0.4) is 0 Å². The van der Waals surface area contributed by atoms with E-state index in [0.29, 0.717) is 36.1 Å². The zero-order valence-corrected chi connectivity index (χ0v) is 15.2. The molecule has 24 heavy (non-hydrogen) atoms. The number of nitrogens with zero attached hydrogens (tertiary/aromatic N) is 1. The summed E-state index contributed by atoms with van der Waals surface area (Å²) in [5.41, 5.74) is 1.23. The van der Waals surface area contributed by atoms with Crippen molar-refractivity contribution < 1.29 is 13.2 Å². The van der Waals surface area contributed by atoms with Gasteiger partial charge in [-0.1, -0.05) is 26.7 Å². The van der Waals surface area contributed by atoms with Gasteiger partial charge < -0.3 is 5.32 Å². The van der Waals surface area contributed by atoms with Crippen LogP contribution in [0.2, 0.25) is 0 Å². The lowest BCUT2D eigenvalue weighted by Crippen LogP contribution is -2.43. The summed E-state index contributed by atoms with van der Waals surface area (Å²) in [5, 5.41) is 3.15. The molecule has 3 unspecified atom stereocenters. The first kappa shape index (κ1) is 17.3. The summed E-state index contributed by atoms with van der Waals surface area (Å²) in [6.07, 6.45) is 4.07. The molecular formula is C18H26N2O3S. The maximum absolute atomic E-state index is 12.5. The van der Waals surface area contributed by atoms with Crippen LogP contribution in [0.5, 0.6) is 0 Å². The molecule has 1 aliphatic heterocycles. The van der Waals surface area contributed by atoms with Crippen LogP contribution in [-0.2, 0) is 10.0 Å². The van der Waals surface area contributed by atoms with Gasteiger partial charge in [-0.2, -0.15) is 0 Å². The first-order chi connectivity index (χ1) is 11.4. The van der Waals surface area contributed by atoms with Gasteiger partial charge in [0, 0.05) is 18.2 Å². The molecule has 3 atom stereocenters. The Labute approximate surface area is 144 Å². The number of amides is 1. The fourth-order valence-corrected chi connectivity index (χ4v) is 5.31. The van der Waals surface area contributed by atoms with Crippen molar-refractivity contribution in [1.82, 2.24) is 5.32 Å². The zero-order valence-electron chi connectivity index (χ0n) is 14.4. The van der Waals surface area contributed by atoms with E-state index in [9.17, 15) is 13.2 Å². The van der Waals surface area contributed by atoms with E-state index in [4.69, 9.17) is 0 Å². The molecule has 3 rings (SSSR count). The number of hydrogen-bond donors (Lipinski definition) is 1. The minimum absolute atomic E-state index is 0.0724. The van der Waals surface area contributed by atoms with Gasteiger partial charge in [0.25, 0.3) is 5.91 Å². The highest BCUT2D eigenvalue weighted by Crippen LogP contribution is 2.30. The second-order valence-corrected chi connectivity index (χ2v) is 9.15. The number of carbonyl (C=O) groups excluding carboxylic acids is 1. The van der Waals surface area contributed by atoms with Gasteiger partial charge in [-0.3, -0.25) is 9.10 Å². The minimum Gasteiger partial charge on any atom is -0.349 e. The Morgan fingerprint density at radius 1 is 1.12 bits per heavy atom. The molecular weight excluding hydrogens is 324 g/mol. The molecule has 1 saturated carbocycles. The molecule has 2 aliphatic rings. The molecule has 0 aromatic heterocycles. The van der Waals surface area contributed by atoms with Gasteiger partial charge in [0.15, 0.2) is 0 Å². The van der Waals surface area contributed by atoms with Crippen LogP contribution in [-0.4, -0.2) is 32.7 Å². The predicted octanol–water partition coefficient (Wildman–Crippen LogP) is 2.78. The number of anilines is 1. The molecule has 0 radical (unpaired) electrons. The normalized spacial score (nSPS) is 29.4. The topological polar surface area (TPSA) is 66.5 Å². The van der Waals surface area contributed by atoms with Crippen LogP contribution < -0.4 is 9.62 Å². The second-order valence-electron chi connectivity index (χ2n) is 7.14. The first-order valence-electron chi connectivity index (χ1n) is 8.80. The van der Waals surface area contributed by atoms with Gasteiger partial charge in [-0.05, 0) is 48.9 Å². The average molecular weight is 350 g/mol. The third kappa shape index (κ3) is 3.43. The summed E-state index contributed by atoms with van der Waals surface area (Å²) >= 11 is 0. The fraction of sp³-hybridized carbons (Fsp3) is 0.611. The van der Waals surface area contributed by atoms with Crippen LogP contribution in [0.25, 0.3) is 0 Å². The van der Waals surface area contributed by atoms with Crippen molar-refractivity contribution in [1.29, 1.82) is 0 Å².